The summed E-state index contributed by atoms with van der Waals surface area (Å²) in [6, 6.07) is 16.4. The summed E-state index contributed by atoms with van der Waals surface area (Å²) in [6.45, 7) is 0.487. The van der Waals surface area contributed by atoms with Crippen molar-refractivity contribution in [1.82, 2.24) is 0 Å². The highest BCUT2D eigenvalue weighted by atomic mass is 19.2. The molecule has 0 spiro atoms. The van der Waals surface area contributed by atoms with Gasteiger partial charge in [0.25, 0.3) is 0 Å². The maximum Gasteiger partial charge on any atom is 0.159 e. The largest absolute Gasteiger partial charge is 0.380 e. The highest BCUT2D eigenvalue weighted by Crippen LogP contribution is 2.20. The van der Waals surface area contributed by atoms with Gasteiger partial charge in [0, 0.05) is 23.8 Å². The minimum absolute atomic E-state index is 0.180. The topological polar surface area (TPSA) is 9.23 Å². The third-order valence-electron chi connectivity index (χ3n) is 4.87. The maximum atomic E-state index is 14.5. The van der Waals surface area contributed by atoms with E-state index < -0.39 is 28.8 Å². The first-order chi connectivity index (χ1) is 15.9. The third kappa shape index (κ3) is 5.23. The molecule has 5 heteroatoms. The minimum Gasteiger partial charge on any atom is -0.380 e. The van der Waals surface area contributed by atoms with Crippen molar-refractivity contribution in [1.29, 1.82) is 0 Å². The minimum atomic E-state index is -0.979. The molecular formula is C28H16F4O. The van der Waals surface area contributed by atoms with Crippen LogP contribution in [-0.4, -0.2) is 7.11 Å². The Morgan fingerprint density at radius 3 is 1.82 bits per heavy atom. The fraction of sp³-hybridized carbons (Fsp3) is 0.0714. The van der Waals surface area contributed by atoms with E-state index in [9.17, 15) is 17.6 Å². The van der Waals surface area contributed by atoms with Gasteiger partial charge in [-0.1, -0.05) is 41.9 Å². The number of fused-ring (bicyclic) bond motifs is 1. The summed E-state index contributed by atoms with van der Waals surface area (Å²) in [4.78, 5) is 0. The predicted molar refractivity (Wildman–Crippen MR) is 119 cm³/mol. The van der Waals surface area contributed by atoms with Crippen LogP contribution in [-0.2, 0) is 11.3 Å². The number of benzene rings is 4. The van der Waals surface area contributed by atoms with E-state index >= 15 is 0 Å². The summed E-state index contributed by atoms with van der Waals surface area (Å²) in [7, 11) is 1.61. The van der Waals surface area contributed by atoms with Gasteiger partial charge in [0.2, 0.25) is 0 Å². The van der Waals surface area contributed by atoms with E-state index in [4.69, 9.17) is 4.74 Å². The molecule has 4 aromatic rings. The van der Waals surface area contributed by atoms with Gasteiger partial charge in [-0.05, 0) is 64.9 Å². The molecule has 0 aliphatic heterocycles. The summed E-state index contributed by atoms with van der Waals surface area (Å²) >= 11 is 0. The lowest BCUT2D eigenvalue weighted by Gasteiger charge is -2.01. The molecule has 0 aliphatic carbocycles. The number of ether oxygens (including phenoxy) is 1. The maximum absolute atomic E-state index is 14.5. The van der Waals surface area contributed by atoms with Crippen molar-refractivity contribution >= 4 is 10.8 Å². The Bertz CT molecular complexity index is 1440. The fourth-order valence-corrected chi connectivity index (χ4v) is 3.21. The van der Waals surface area contributed by atoms with Crippen molar-refractivity contribution in [2.75, 3.05) is 7.11 Å². The molecule has 0 atom stereocenters. The van der Waals surface area contributed by atoms with Crippen LogP contribution in [0.2, 0.25) is 0 Å². The number of hydrogen-bond acceptors (Lipinski definition) is 1. The molecule has 4 aromatic carbocycles. The molecule has 0 aliphatic rings. The van der Waals surface area contributed by atoms with Crippen LogP contribution in [0.5, 0.6) is 0 Å². The average molecular weight is 444 g/mol. The number of rotatable bonds is 2. The molecule has 4 rings (SSSR count). The van der Waals surface area contributed by atoms with Crippen molar-refractivity contribution in [2.24, 2.45) is 0 Å². The molecular weight excluding hydrogens is 428 g/mol. The lowest BCUT2D eigenvalue weighted by atomic mass is 10.1. The van der Waals surface area contributed by atoms with Crippen LogP contribution in [0.25, 0.3) is 10.8 Å². The van der Waals surface area contributed by atoms with Gasteiger partial charge in [0.1, 0.15) is 11.6 Å². The quantitative estimate of drug-likeness (QED) is 0.259. The zero-order chi connectivity index (χ0) is 23.4. The molecule has 0 N–H and O–H groups in total. The molecule has 0 radical (unpaired) electrons. The predicted octanol–water partition coefficient (Wildman–Crippen LogP) is 6.34. The highest BCUT2D eigenvalue weighted by Gasteiger charge is 2.09. The molecule has 0 saturated heterocycles. The molecule has 0 bridgehead atoms. The van der Waals surface area contributed by atoms with E-state index in [1.165, 1.54) is 6.07 Å². The molecule has 1 nitrogen and oxygen atoms in total. The Morgan fingerprint density at radius 2 is 1.15 bits per heavy atom. The Kier molecular flexibility index (Phi) is 6.45. The molecule has 162 valence electrons. The first kappa shape index (κ1) is 22.1. The summed E-state index contributed by atoms with van der Waals surface area (Å²) in [5, 5.41) is 0.926. The van der Waals surface area contributed by atoms with Gasteiger partial charge >= 0.3 is 0 Å². The second-order valence-corrected chi connectivity index (χ2v) is 7.27. The van der Waals surface area contributed by atoms with Crippen molar-refractivity contribution < 1.29 is 22.3 Å². The van der Waals surface area contributed by atoms with Gasteiger partial charge in [0.15, 0.2) is 11.6 Å². The summed E-state index contributed by atoms with van der Waals surface area (Å²) < 4.78 is 60.9. The first-order valence-electron chi connectivity index (χ1n) is 9.93. The highest BCUT2D eigenvalue weighted by molar-refractivity contribution is 5.84. The standard InChI is InChI=1S/C28H16F4O/c1-33-17-20-5-2-18(3-6-20)4-7-21-13-25(29)24(26(30)14-21)11-9-19-8-10-22-15-27(31)28(32)16-23(22)12-19/h2-3,5-6,8,10,12-16H,17H2,1H3. The van der Waals surface area contributed by atoms with Crippen LogP contribution >= 0.6 is 0 Å². The van der Waals surface area contributed by atoms with Crippen LogP contribution < -0.4 is 0 Å². The van der Waals surface area contributed by atoms with E-state index in [1.807, 2.05) is 12.1 Å². The van der Waals surface area contributed by atoms with Gasteiger partial charge < -0.3 is 4.74 Å². The van der Waals surface area contributed by atoms with Crippen LogP contribution in [0, 0.1) is 47.0 Å². The zero-order valence-corrected chi connectivity index (χ0v) is 17.5. The van der Waals surface area contributed by atoms with Gasteiger partial charge in [-0.2, -0.15) is 0 Å². The number of methoxy groups -OCH3 is 1. The molecule has 33 heavy (non-hydrogen) atoms. The van der Waals surface area contributed by atoms with E-state index in [2.05, 4.69) is 23.7 Å². The van der Waals surface area contributed by atoms with E-state index in [1.54, 1.807) is 31.4 Å². The smallest absolute Gasteiger partial charge is 0.159 e. The molecule has 0 heterocycles. The van der Waals surface area contributed by atoms with Gasteiger partial charge in [-0.15, -0.1) is 0 Å². The van der Waals surface area contributed by atoms with Gasteiger partial charge in [-0.25, -0.2) is 17.6 Å². The van der Waals surface area contributed by atoms with Crippen molar-refractivity contribution in [3.63, 3.8) is 0 Å². The Labute approximate surface area is 188 Å². The summed E-state index contributed by atoms with van der Waals surface area (Å²) in [5.41, 5.74) is 1.89. The Morgan fingerprint density at radius 1 is 0.576 bits per heavy atom. The monoisotopic (exact) mass is 444 g/mol. The van der Waals surface area contributed by atoms with E-state index in [0.717, 1.165) is 29.8 Å². The Balaban J connectivity index is 1.58. The SMILES string of the molecule is COCc1ccc(C#Cc2cc(F)c(C#Cc3ccc4cc(F)c(F)cc4c3)c(F)c2)cc1. The molecule has 0 saturated carbocycles. The van der Waals surface area contributed by atoms with Crippen molar-refractivity contribution in [2.45, 2.75) is 6.61 Å². The molecule has 0 aromatic heterocycles. The van der Waals surface area contributed by atoms with Crippen molar-refractivity contribution in [3.8, 4) is 23.7 Å². The average Bonchev–Trinajstić information content (AvgIpc) is 2.79. The second-order valence-electron chi connectivity index (χ2n) is 7.27. The third-order valence-corrected chi connectivity index (χ3v) is 4.87. The molecule has 0 amide bonds. The molecule has 0 unspecified atom stereocenters. The lowest BCUT2D eigenvalue weighted by molar-refractivity contribution is 0.185. The van der Waals surface area contributed by atoms with Crippen LogP contribution in [0.15, 0.2) is 66.7 Å². The van der Waals surface area contributed by atoms with Gasteiger partial charge in [0.05, 0.1) is 12.2 Å². The van der Waals surface area contributed by atoms with Crippen LogP contribution in [0.1, 0.15) is 27.8 Å². The fourth-order valence-electron chi connectivity index (χ4n) is 3.21. The van der Waals surface area contributed by atoms with Crippen LogP contribution in [0.3, 0.4) is 0 Å². The van der Waals surface area contributed by atoms with Crippen molar-refractivity contribution in [3.05, 3.63) is 118 Å². The lowest BCUT2D eigenvalue weighted by Crippen LogP contribution is -1.93. The number of halogens is 4. The van der Waals surface area contributed by atoms with E-state index in [0.29, 0.717) is 28.5 Å². The Hall–Kier alpha value is -4.06. The second kappa shape index (κ2) is 9.61. The summed E-state index contributed by atoms with van der Waals surface area (Å²) in [6.07, 6.45) is 0. The van der Waals surface area contributed by atoms with Crippen LogP contribution in [0.4, 0.5) is 17.6 Å². The van der Waals surface area contributed by atoms with Gasteiger partial charge in [-0.3, -0.25) is 0 Å². The number of hydrogen-bond donors (Lipinski definition) is 0. The van der Waals surface area contributed by atoms with E-state index in [-0.39, 0.29) is 5.56 Å². The molecule has 0 fully saturated rings. The normalized spacial score (nSPS) is 10.3. The summed E-state index contributed by atoms with van der Waals surface area (Å²) in [5.74, 6) is 7.17. The first-order valence-corrected chi connectivity index (χ1v) is 9.93. The zero-order valence-electron chi connectivity index (χ0n) is 17.5.